The quantitative estimate of drug-likeness (QED) is 0.193. The van der Waals surface area contributed by atoms with Gasteiger partial charge < -0.3 is 10.2 Å². The Balaban J connectivity index is 1.36. The molecule has 0 bridgehead atoms. The molecule has 2 atom stereocenters. The third-order valence-corrected chi connectivity index (χ3v) is 7.42. The van der Waals surface area contributed by atoms with Gasteiger partial charge in [-0.05, 0) is 69.2 Å². The number of aromatic nitrogens is 4. The molecule has 1 aliphatic heterocycles. The maximum atomic E-state index is 13.5. The highest BCUT2D eigenvalue weighted by Gasteiger charge is 2.36. The first-order valence-corrected chi connectivity index (χ1v) is 14.7. The predicted octanol–water partition coefficient (Wildman–Crippen LogP) is 5.18. The van der Waals surface area contributed by atoms with Crippen molar-refractivity contribution in [2.24, 2.45) is 0 Å². The van der Waals surface area contributed by atoms with E-state index in [1.807, 2.05) is 91.3 Å². The largest absolute Gasteiger partial charge is 0.351 e. The minimum absolute atomic E-state index is 0.106. The van der Waals surface area contributed by atoms with Gasteiger partial charge >= 0.3 is 0 Å². The SMILES string of the molecule is C=C(C)N(CC)N(C(=O)CC(=O)N[C@H]1C[C@H](c2ccccn2)N(c2ccc3ncc(/C=C/CC)n3n2)C1)c1ccccc1. The average Bonchev–Trinajstić information content (AvgIpc) is 3.62. The van der Waals surface area contributed by atoms with Gasteiger partial charge in [-0.2, -0.15) is 0 Å². The number of amides is 2. The predicted molar refractivity (Wildman–Crippen MR) is 169 cm³/mol. The van der Waals surface area contributed by atoms with E-state index in [1.54, 1.807) is 11.2 Å². The number of benzene rings is 1. The van der Waals surface area contributed by atoms with E-state index in [1.165, 1.54) is 5.01 Å². The molecule has 1 N–H and O–H groups in total. The van der Waals surface area contributed by atoms with Crippen molar-refractivity contribution in [2.45, 2.75) is 52.1 Å². The molecule has 3 aromatic heterocycles. The number of pyridine rings is 1. The van der Waals surface area contributed by atoms with Gasteiger partial charge in [-0.25, -0.2) is 14.5 Å². The number of hydrazine groups is 1. The van der Waals surface area contributed by atoms with Gasteiger partial charge in [0.1, 0.15) is 12.2 Å². The standard InChI is InChI=1S/C33H38N8O2/c1-5-7-13-27-22-35-30-17-18-31(37-40(27)30)38-23-25(20-29(38)28-16-11-12-19-34-28)36-32(42)21-33(43)41(39(6-2)24(3)4)26-14-9-8-10-15-26/h7-19,22,25,29H,3,5-6,20-21,23H2,1-2,4H3,(H,36,42)/b13-7+/t25-,29+/m0/s1. The summed E-state index contributed by atoms with van der Waals surface area (Å²) in [6.07, 6.45) is 8.92. The minimum Gasteiger partial charge on any atom is -0.351 e. The lowest BCUT2D eigenvalue weighted by atomic mass is 10.1. The van der Waals surface area contributed by atoms with Gasteiger partial charge in [0.25, 0.3) is 5.91 Å². The van der Waals surface area contributed by atoms with Crippen molar-refractivity contribution < 1.29 is 9.59 Å². The van der Waals surface area contributed by atoms with Crippen LogP contribution in [0.5, 0.6) is 0 Å². The van der Waals surface area contributed by atoms with Crippen LogP contribution in [0.1, 0.15) is 57.5 Å². The molecule has 0 aliphatic carbocycles. The van der Waals surface area contributed by atoms with E-state index >= 15 is 0 Å². The van der Waals surface area contributed by atoms with Crippen molar-refractivity contribution in [2.75, 3.05) is 23.0 Å². The van der Waals surface area contributed by atoms with E-state index in [4.69, 9.17) is 5.10 Å². The monoisotopic (exact) mass is 578 g/mol. The van der Waals surface area contributed by atoms with Crippen LogP contribution < -0.4 is 15.2 Å². The van der Waals surface area contributed by atoms with E-state index in [2.05, 4.69) is 39.8 Å². The maximum Gasteiger partial charge on any atom is 0.255 e. The molecule has 1 saturated heterocycles. The van der Waals surface area contributed by atoms with Crippen LogP contribution in [-0.2, 0) is 9.59 Å². The number of hydrogen-bond donors (Lipinski definition) is 1. The van der Waals surface area contributed by atoms with E-state index in [0.29, 0.717) is 30.9 Å². The number of nitrogens with one attached hydrogen (secondary N) is 1. The van der Waals surface area contributed by atoms with Gasteiger partial charge in [-0.3, -0.25) is 19.6 Å². The molecule has 10 nitrogen and oxygen atoms in total. The fraction of sp³-hybridized carbons (Fsp3) is 0.303. The zero-order valence-corrected chi connectivity index (χ0v) is 24.9. The molecule has 10 heteroatoms. The molecule has 0 radical (unpaired) electrons. The van der Waals surface area contributed by atoms with Crippen LogP contribution in [0.4, 0.5) is 11.5 Å². The lowest BCUT2D eigenvalue weighted by Crippen LogP contribution is -2.48. The molecule has 1 aromatic carbocycles. The summed E-state index contributed by atoms with van der Waals surface area (Å²) >= 11 is 0. The van der Waals surface area contributed by atoms with Gasteiger partial charge in [-0.1, -0.05) is 43.8 Å². The third-order valence-electron chi connectivity index (χ3n) is 7.42. The number of rotatable bonds is 11. The molecule has 43 heavy (non-hydrogen) atoms. The molecular formula is C33H38N8O2. The van der Waals surface area contributed by atoms with Crippen molar-refractivity contribution in [1.29, 1.82) is 0 Å². The molecule has 4 aromatic rings. The third kappa shape index (κ3) is 6.58. The normalized spacial score (nSPS) is 16.5. The smallest absolute Gasteiger partial charge is 0.255 e. The molecule has 1 aliphatic rings. The summed E-state index contributed by atoms with van der Waals surface area (Å²) in [4.78, 5) is 38.1. The minimum atomic E-state index is -0.333. The Bertz CT molecular complexity index is 1600. The average molecular weight is 579 g/mol. The molecule has 5 rings (SSSR count). The first kappa shape index (κ1) is 29.5. The van der Waals surface area contributed by atoms with E-state index in [9.17, 15) is 9.59 Å². The Labute approximate surface area is 252 Å². The van der Waals surface area contributed by atoms with Crippen LogP contribution in [0.2, 0.25) is 0 Å². The summed E-state index contributed by atoms with van der Waals surface area (Å²) in [5.74, 6) is 0.0975. The first-order valence-electron chi connectivity index (χ1n) is 14.7. The second-order valence-electron chi connectivity index (χ2n) is 10.5. The molecule has 0 saturated carbocycles. The summed E-state index contributed by atoms with van der Waals surface area (Å²) in [5, 5.41) is 11.4. The molecule has 2 amide bonds. The molecule has 4 heterocycles. The summed E-state index contributed by atoms with van der Waals surface area (Å²) in [6, 6.07) is 18.7. The Kier molecular flexibility index (Phi) is 9.14. The van der Waals surface area contributed by atoms with Crippen LogP contribution >= 0.6 is 0 Å². The van der Waals surface area contributed by atoms with Gasteiger partial charge in [0.05, 0.1) is 29.3 Å². The molecule has 222 valence electrons. The molecular weight excluding hydrogens is 540 g/mol. The molecule has 1 fully saturated rings. The number of nitrogens with zero attached hydrogens (tertiary/aromatic N) is 7. The Hall–Kier alpha value is -4.99. The fourth-order valence-corrected chi connectivity index (χ4v) is 5.49. The van der Waals surface area contributed by atoms with Crippen molar-refractivity contribution in [3.05, 3.63) is 103 Å². The van der Waals surface area contributed by atoms with Crippen LogP contribution in [-0.4, -0.2) is 55.5 Å². The van der Waals surface area contributed by atoms with Crippen LogP contribution in [0.15, 0.2) is 91.4 Å². The van der Waals surface area contributed by atoms with E-state index in [0.717, 1.165) is 29.3 Å². The Morgan fingerprint density at radius 3 is 2.56 bits per heavy atom. The van der Waals surface area contributed by atoms with Crippen LogP contribution in [0.3, 0.4) is 0 Å². The van der Waals surface area contributed by atoms with Crippen molar-refractivity contribution >= 4 is 35.0 Å². The highest BCUT2D eigenvalue weighted by atomic mass is 16.2. The number of allylic oxidation sites excluding steroid dienone is 2. The number of carbonyl (C=O) groups excluding carboxylic acids is 2. The molecule has 0 unspecified atom stereocenters. The lowest BCUT2D eigenvalue weighted by molar-refractivity contribution is -0.129. The zero-order chi connectivity index (χ0) is 30.3. The number of hydrogen-bond acceptors (Lipinski definition) is 7. The Morgan fingerprint density at radius 1 is 1.07 bits per heavy atom. The van der Waals surface area contributed by atoms with E-state index < -0.39 is 0 Å². The molecule has 0 spiro atoms. The van der Waals surface area contributed by atoms with Gasteiger partial charge in [0.2, 0.25) is 5.91 Å². The fourth-order valence-electron chi connectivity index (χ4n) is 5.49. The van der Waals surface area contributed by atoms with Gasteiger partial charge in [0.15, 0.2) is 5.65 Å². The number of para-hydroxylation sites is 1. The number of imidazole rings is 1. The van der Waals surface area contributed by atoms with Gasteiger partial charge in [0, 0.05) is 31.0 Å². The number of anilines is 2. The maximum absolute atomic E-state index is 13.5. The van der Waals surface area contributed by atoms with Crippen LogP contribution in [0.25, 0.3) is 11.7 Å². The van der Waals surface area contributed by atoms with Gasteiger partial charge in [-0.15, -0.1) is 5.10 Å². The van der Waals surface area contributed by atoms with Crippen molar-refractivity contribution in [3.63, 3.8) is 0 Å². The first-order chi connectivity index (χ1) is 20.9. The second kappa shape index (κ2) is 13.3. The highest BCUT2D eigenvalue weighted by Crippen LogP contribution is 2.35. The lowest BCUT2D eigenvalue weighted by Gasteiger charge is -2.36. The number of carbonyl (C=O) groups is 2. The zero-order valence-electron chi connectivity index (χ0n) is 24.9. The highest BCUT2D eigenvalue weighted by molar-refractivity contribution is 6.04. The Morgan fingerprint density at radius 2 is 1.86 bits per heavy atom. The van der Waals surface area contributed by atoms with E-state index in [-0.39, 0.29) is 30.3 Å². The van der Waals surface area contributed by atoms with Crippen LogP contribution in [0, 0.1) is 0 Å². The summed E-state index contributed by atoms with van der Waals surface area (Å²) < 4.78 is 1.83. The summed E-state index contributed by atoms with van der Waals surface area (Å²) in [6.45, 7) is 11.0. The topological polar surface area (TPSA) is 99.0 Å². The number of fused-ring (bicyclic) bond motifs is 1. The summed E-state index contributed by atoms with van der Waals surface area (Å²) in [7, 11) is 0. The second-order valence-corrected chi connectivity index (χ2v) is 10.5. The van der Waals surface area contributed by atoms with Crippen molar-refractivity contribution in [3.8, 4) is 0 Å². The summed E-state index contributed by atoms with van der Waals surface area (Å²) in [5.41, 5.74) is 3.94. The van der Waals surface area contributed by atoms with Crippen molar-refractivity contribution in [1.82, 2.24) is 29.9 Å².